The highest BCUT2D eigenvalue weighted by Gasteiger charge is 2.07. The van der Waals surface area contributed by atoms with Crippen LogP contribution in [0.5, 0.6) is 0 Å². The van der Waals surface area contributed by atoms with E-state index in [1.807, 2.05) is 30.3 Å². The van der Waals surface area contributed by atoms with Gasteiger partial charge in [-0.15, -0.1) is 5.10 Å². The van der Waals surface area contributed by atoms with Crippen molar-refractivity contribution in [2.75, 3.05) is 5.32 Å². The van der Waals surface area contributed by atoms with Crippen LogP contribution in [0.25, 0.3) is 5.69 Å². The van der Waals surface area contributed by atoms with Crippen molar-refractivity contribution in [1.82, 2.24) is 20.2 Å². The largest absolute Gasteiger partial charge is 0.378 e. The first-order chi connectivity index (χ1) is 10.2. The lowest BCUT2D eigenvalue weighted by molar-refractivity contribution is 0.768. The van der Waals surface area contributed by atoms with Crippen LogP contribution in [-0.2, 0) is 6.54 Å². The number of hydrogen-bond donors (Lipinski definition) is 1. The number of nitrogens with zero attached hydrogens (tertiary/aromatic N) is 4. The average Bonchev–Trinajstić information content (AvgIpc) is 2.93. The minimum Gasteiger partial charge on any atom is -0.378 e. The minimum absolute atomic E-state index is 0.574. The summed E-state index contributed by atoms with van der Waals surface area (Å²) < 4.78 is 1.75. The third kappa shape index (κ3) is 3.08. The van der Waals surface area contributed by atoms with Gasteiger partial charge in [-0.3, -0.25) is 0 Å². The summed E-state index contributed by atoms with van der Waals surface area (Å²) in [6, 6.07) is 16.3. The Bertz CT molecular complexity index is 713. The lowest BCUT2D eigenvalue weighted by atomic mass is 10.1. The number of aromatic nitrogens is 4. The van der Waals surface area contributed by atoms with Crippen molar-refractivity contribution in [1.29, 1.82) is 0 Å². The molecule has 5 heteroatoms. The van der Waals surface area contributed by atoms with Gasteiger partial charge < -0.3 is 5.32 Å². The summed E-state index contributed by atoms with van der Waals surface area (Å²) >= 11 is 0. The van der Waals surface area contributed by atoms with Crippen LogP contribution in [0.3, 0.4) is 0 Å². The first-order valence-corrected chi connectivity index (χ1v) is 6.87. The maximum Gasteiger partial charge on any atom is 0.175 e. The molecule has 21 heavy (non-hydrogen) atoms. The molecule has 5 nitrogen and oxygen atoms in total. The van der Waals surface area contributed by atoms with Crippen LogP contribution in [-0.4, -0.2) is 20.2 Å². The monoisotopic (exact) mass is 279 g/mol. The van der Waals surface area contributed by atoms with E-state index in [-0.39, 0.29) is 0 Å². The average molecular weight is 279 g/mol. The second-order valence-electron chi connectivity index (χ2n) is 5.07. The zero-order chi connectivity index (χ0) is 14.7. The summed E-state index contributed by atoms with van der Waals surface area (Å²) in [5, 5.41) is 15.3. The number of anilines is 1. The summed E-state index contributed by atoms with van der Waals surface area (Å²) in [6.45, 7) is 4.75. The van der Waals surface area contributed by atoms with Gasteiger partial charge in [0.2, 0.25) is 0 Å². The fourth-order valence-corrected chi connectivity index (χ4v) is 2.34. The molecule has 3 aromatic rings. The van der Waals surface area contributed by atoms with Gasteiger partial charge in [0.25, 0.3) is 0 Å². The number of para-hydroxylation sites is 1. The highest BCUT2D eigenvalue weighted by molar-refractivity contribution is 5.48. The summed E-state index contributed by atoms with van der Waals surface area (Å²) in [5.74, 6) is 0.778. The standard InChI is InChI=1S/C16H17N5/c1-12-8-13(2)10-14(9-12)17-11-16-18-19-20-21(16)15-6-4-3-5-7-15/h3-10,17H,11H2,1-2H3. The van der Waals surface area contributed by atoms with E-state index >= 15 is 0 Å². The molecule has 0 saturated heterocycles. The smallest absolute Gasteiger partial charge is 0.175 e. The highest BCUT2D eigenvalue weighted by atomic mass is 15.5. The third-order valence-corrected chi connectivity index (χ3v) is 3.21. The van der Waals surface area contributed by atoms with Crippen LogP contribution in [0.15, 0.2) is 48.5 Å². The lowest BCUT2D eigenvalue weighted by Gasteiger charge is -2.09. The number of nitrogens with one attached hydrogen (secondary N) is 1. The molecule has 1 heterocycles. The molecular weight excluding hydrogens is 262 g/mol. The van der Waals surface area contributed by atoms with Crippen molar-refractivity contribution < 1.29 is 0 Å². The molecule has 0 amide bonds. The van der Waals surface area contributed by atoms with Crippen molar-refractivity contribution in [2.45, 2.75) is 20.4 Å². The van der Waals surface area contributed by atoms with Crippen LogP contribution in [0.4, 0.5) is 5.69 Å². The van der Waals surface area contributed by atoms with Gasteiger partial charge >= 0.3 is 0 Å². The molecule has 3 rings (SSSR count). The zero-order valence-corrected chi connectivity index (χ0v) is 12.1. The van der Waals surface area contributed by atoms with E-state index in [1.165, 1.54) is 11.1 Å². The van der Waals surface area contributed by atoms with E-state index in [9.17, 15) is 0 Å². The second-order valence-corrected chi connectivity index (χ2v) is 5.07. The molecule has 0 spiro atoms. The quantitative estimate of drug-likeness (QED) is 0.798. The third-order valence-electron chi connectivity index (χ3n) is 3.21. The Kier molecular flexibility index (Phi) is 3.64. The van der Waals surface area contributed by atoms with Gasteiger partial charge in [0.1, 0.15) is 0 Å². The summed E-state index contributed by atoms with van der Waals surface area (Å²) in [4.78, 5) is 0. The minimum atomic E-state index is 0.574. The lowest BCUT2D eigenvalue weighted by Crippen LogP contribution is -2.08. The number of rotatable bonds is 4. The molecule has 1 N–H and O–H groups in total. The molecule has 2 aromatic carbocycles. The van der Waals surface area contributed by atoms with E-state index in [0.717, 1.165) is 17.2 Å². The van der Waals surface area contributed by atoms with E-state index in [1.54, 1.807) is 4.68 Å². The molecule has 0 bridgehead atoms. The van der Waals surface area contributed by atoms with Crippen LogP contribution in [0, 0.1) is 13.8 Å². The summed E-state index contributed by atoms with van der Waals surface area (Å²) in [6.07, 6.45) is 0. The fraction of sp³-hybridized carbons (Fsp3) is 0.188. The molecule has 0 fully saturated rings. The van der Waals surface area contributed by atoms with Crippen molar-refractivity contribution >= 4 is 5.69 Å². The van der Waals surface area contributed by atoms with E-state index in [0.29, 0.717) is 6.54 Å². The van der Waals surface area contributed by atoms with Crippen LogP contribution in [0.1, 0.15) is 17.0 Å². The maximum absolute atomic E-state index is 4.09. The Labute approximate surface area is 123 Å². The molecule has 0 unspecified atom stereocenters. The molecule has 0 aliphatic carbocycles. The van der Waals surface area contributed by atoms with Gasteiger partial charge in [-0.05, 0) is 59.7 Å². The summed E-state index contributed by atoms with van der Waals surface area (Å²) in [5.41, 5.74) is 4.51. The van der Waals surface area contributed by atoms with Gasteiger partial charge in [-0.2, -0.15) is 4.68 Å². The molecule has 0 aliphatic rings. The topological polar surface area (TPSA) is 55.6 Å². The number of aryl methyl sites for hydroxylation is 2. The van der Waals surface area contributed by atoms with Crippen molar-refractivity contribution in [3.63, 3.8) is 0 Å². The molecule has 0 aliphatic heterocycles. The van der Waals surface area contributed by atoms with Gasteiger partial charge in [0.05, 0.1) is 12.2 Å². The molecule has 0 atom stereocenters. The van der Waals surface area contributed by atoms with Gasteiger partial charge in [-0.1, -0.05) is 24.3 Å². The Morgan fingerprint density at radius 2 is 1.71 bits per heavy atom. The number of hydrogen-bond acceptors (Lipinski definition) is 4. The SMILES string of the molecule is Cc1cc(C)cc(NCc2nnnn2-c2ccccc2)c1. The first kappa shape index (κ1) is 13.3. The predicted molar refractivity (Wildman–Crippen MR) is 82.4 cm³/mol. The van der Waals surface area contributed by atoms with E-state index in [2.05, 4.69) is 52.9 Å². The Balaban J connectivity index is 1.79. The zero-order valence-electron chi connectivity index (χ0n) is 12.1. The Morgan fingerprint density at radius 3 is 2.43 bits per heavy atom. The number of benzene rings is 2. The molecule has 0 radical (unpaired) electrons. The van der Waals surface area contributed by atoms with Gasteiger partial charge in [0, 0.05) is 5.69 Å². The van der Waals surface area contributed by atoms with E-state index < -0.39 is 0 Å². The number of tetrazole rings is 1. The first-order valence-electron chi connectivity index (χ1n) is 6.87. The summed E-state index contributed by atoms with van der Waals surface area (Å²) in [7, 11) is 0. The maximum atomic E-state index is 4.09. The normalized spacial score (nSPS) is 10.6. The fourth-order valence-electron chi connectivity index (χ4n) is 2.34. The molecule has 1 aromatic heterocycles. The highest BCUT2D eigenvalue weighted by Crippen LogP contribution is 2.15. The predicted octanol–water partition coefficient (Wildman–Crippen LogP) is 2.89. The van der Waals surface area contributed by atoms with Gasteiger partial charge in [0.15, 0.2) is 5.82 Å². The molecule has 106 valence electrons. The van der Waals surface area contributed by atoms with Gasteiger partial charge in [-0.25, -0.2) is 0 Å². The molecular formula is C16H17N5. The molecule has 0 saturated carbocycles. The van der Waals surface area contributed by atoms with Crippen LogP contribution >= 0.6 is 0 Å². The van der Waals surface area contributed by atoms with Crippen LogP contribution in [0.2, 0.25) is 0 Å². The Morgan fingerprint density at radius 1 is 1.00 bits per heavy atom. The van der Waals surface area contributed by atoms with Crippen molar-refractivity contribution in [2.24, 2.45) is 0 Å². The van der Waals surface area contributed by atoms with Crippen molar-refractivity contribution in [3.8, 4) is 5.69 Å². The van der Waals surface area contributed by atoms with Crippen molar-refractivity contribution in [3.05, 3.63) is 65.5 Å². The van der Waals surface area contributed by atoms with E-state index in [4.69, 9.17) is 0 Å². The second kappa shape index (κ2) is 5.75. The Hall–Kier alpha value is -2.69. The van der Waals surface area contributed by atoms with Crippen LogP contribution < -0.4 is 5.32 Å².